The maximum atomic E-state index is 14.3. The Kier molecular flexibility index (Phi) is 7.79. The lowest BCUT2D eigenvalue weighted by molar-refractivity contribution is -0.0272. The Bertz CT molecular complexity index is 1650. The molecule has 2 aliphatic rings. The van der Waals surface area contributed by atoms with Gasteiger partial charge in [-0.05, 0) is 72.6 Å². The molecule has 0 fully saturated rings. The fourth-order valence-corrected chi connectivity index (χ4v) is 6.40. The molecule has 4 aromatic carbocycles. The molecule has 4 N–H and O–H groups in total. The van der Waals surface area contributed by atoms with Crippen LogP contribution in [0.15, 0.2) is 72.8 Å². The highest BCUT2D eigenvalue weighted by Crippen LogP contribution is 2.40. The van der Waals surface area contributed by atoms with Gasteiger partial charge in [-0.25, -0.2) is 9.80 Å². The summed E-state index contributed by atoms with van der Waals surface area (Å²) in [4.78, 5) is 59.1. The summed E-state index contributed by atoms with van der Waals surface area (Å²) in [6.07, 6.45) is 2.65. The summed E-state index contributed by atoms with van der Waals surface area (Å²) in [5.41, 5.74) is 6.67. The molecule has 0 saturated heterocycles. The lowest BCUT2D eigenvalue weighted by atomic mass is 10.0. The van der Waals surface area contributed by atoms with Gasteiger partial charge in [-0.1, -0.05) is 67.6 Å². The number of imide groups is 2. The number of unbranched alkanes of at least 4 members (excludes halogenated alkanes) is 1. The number of rotatable bonds is 12. The number of carbonyl (C=O) groups excluding carboxylic acids is 4. The monoisotopic (exact) mass is 577 g/mol. The summed E-state index contributed by atoms with van der Waals surface area (Å²) < 4.78 is 0. The standard InChI is InChI=1S/C34H35N5O4/c1-2-34(37-21-9-20-36-19-8-7-18-35,38-30(40)26-16-14-22-10-3-5-12-24(22)28(26)32(38)42)39-31(41)27-17-15-23-11-4-6-13-25(23)29(27)33(39)43/h3-6,10-17,36-37H,2,7-9,18-21,35H2,1H3. The normalized spacial score (nSPS) is 14.8. The van der Waals surface area contributed by atoms with Crippen LogP contribution in [0.4, 0.5) is 0 Å². The van der Waals surface area contributed by atoms with Gasteiger partial charge in [0.2, 0.25) is 0 Å². The van der Waals surface area contributed by atoms with Crippen molar-refractivity contribution in [2.24, 2.45) is 5.73 Å². The molecule has 4 aromatic rings. The molecule has 9 heteroatoms. The van der Waals surface area contributed by atoms with Crippen molar-refractivity contribution in [3.8, 4) is 0 Å². The zero-order valence-electron chi connectivity index (χ0n) is 24.2. The second-order valence-corrected chi connectivity index (χ2v) is 11.0. The quantitative estimate of drug-likeness (QED) is 0.170. The SMILES string of the molecule is CCC(NCCCNCCCCN)(N1C(=O)c2ccc3ccccc3c2C1=O)N1C(=O)c2ccc3ccccc3c2C1=O. The first-order valence-electron chi connectivity index (χ1n) is 14.9. The van der Waals surface area contributed by atoms with Crippen molar-refractivity contribution >= 4 is 45.2 Å². The summed E-state index contributed by atoms with van der Waals surface area (Å²) in [7, 11) is 0. The van der Waals surface area contributed by atoms with E-state index in [1.807, 2.05) is 60.7 Å². The number of hydrogen-bond donors (Lipinski definition) is 3. The lowest BCUT2D eigenvalue weighted by Crippen LogP contribution is -2.71. The van der Waals surface area contributed by atoms with E-state index in [9.17, 15) is 19.2 Å². The molecule has 0 unspecified atom stereocenters. The Morgan fingerprint density at radius 2 is 1.14 bits per heavy atom. The Labute approximate surface area is 250 Å². The van der Waals surface area contributed by atoms with Crippen LogP contribution >= 0.6 is 0 Å². The molecule has 9 nitrogen and oxygen atoms in total. The largest absolute Gasteiger partial charge is 0.330 e. The first-order chi connectivity index (χ1) is 20.9. The molecule has 0 aliphatic carbocycles. The molecule has 2 heterocycles. The van der Waals surface area contributed by atoms with E-state index in [1.165, 1.54) is 0 Å². The van der Waals surface area contributed by atoms with Crippen LogP contribution in [0.5, 0.6) is 0 Å². The summed E-state index contributed by atoms with van der Waals surface area (Å²) in [5.74, 6) is -3.87. The minimum absolute atomic E-state index is 0.101. The molecule has 0 spiro atoms. The third-order valence-electron chi connectivity index (χ3n) is 8.54. The second-order valence-electron chi connectivity index (χ2n) is 11.0. The zero-order chi connectivity index (χ0) is 30.1. The van der Waals surface area contributed by atoms with E-state index in [1.54, 1.807) is 19.1 Å². The summed E-state index contributed by atoms with van der Waals surface area (Å²) in [6, 6.07) is 21.7. The van der Waals surface area contributed by atoms with E-state index < -0.39 is 29.4 Å². The molecule has 0 atom stereocenters. The molecule has 6 rings (SSSR count). The summed E-state index contributed by atoms with van der Waals surface area (Å²) >= 11 is 0. The third kappa shape index (κ3) is 4.60. The van der Waals surface area contributed by atoms with E-state index in [4.69, 9.17) is 5.73 Å². The van der Waals surface area contributed by atoms with Gasteiger partial charge in [0.25, 0.3) is 23.6 Å². The van der Waals surface area contributed by atoms with E-state index in [0.29, 0.717) is 36.8 Å². The average Bonchev–Trinajstić information content (AvgIpc) is 3.45. The summed E-state index contributed by atoms with van der Waals surface area (Å²) in [5, 5.41) is 9.70. The number of benzene rings is 4. The predicted molar refractivity (Wildman–Crippen MR) is 166 cm³/mol. The van der Waals surface area contributed by atoms with Gasteiger partial charge in [-0.2, -0.15) is 0 Å². The third-order valence-corrected chi connectivity index (χ3v) is 8.54. The van der Waals surface area contributed by atoms with Crippen LogP contribution in [-0.4, -0.2) is 65.4 Å². The van der Waals surface area contributed by atoms with E-state index in [2.05, 4.69) is 10.6 Å². The maximum absolute atomic E-state index is 14.3. The molecule has 0 bridgehead atoms. The van der Waals surface area contributed by atoms with Crippen molar-refractivity contribution < 1.29 is 19.2 Å². The highest BCUT2D eigenvalue weighted by Gasteiger charge is 2.58. The van der Waals surface area contributed by atoms with Crippen molar-refractivity contribution in [3.63, 3.8) is 0 Å². The molecule has 0 aromatic heterocycles. The molecule has 0 saturated carbocycles. The van der Waals surface area contributed by atoms with Crippen LogP contribution in [0.25, 0.3) is 21.5 Å². The topological polar surface area (TPSA) is 125 Å². The number of amides is 4. The fourth-order valence-electron chi connectivity index (χ4n) is 6.40. The van der Waals surface area contributed by atoms with Gasteiger partial charge < -0.3 is 11.1 Å². The molecule has 2 aliphatic heterocycles. The smallest absolute Gasteiger partial charge is 0.265 e. The number of nitrogens with two attached hydrogens (primary N) is 1. The van der Waals surface area contributed by atoms with Gasteiger partial charge >= 0.3 is 0 Å². The van der Waals surface area contributed by atoms with E-state index >= 15 is 0 Å². The first kappa shape index (κ1) is 28.7. The van der Waals surface area contributed by atoms with E-state index in [0.717, 1.165) is 40.0 Å². The van der Waals surface area contributed by atoms with Crippen LogP contribution < -0.4 is 16.4 Å². The highest BCUT2D eigenvalue weighted by atomic mass is 16.2. The van der Waals surface area contributed by atoms with Gasteiger partial charge in [0.15, 0.2) is 5.79 Å². The number of nitrogens with one attached hydrogen (secondary N) is 2. The van der Waals surface area contributed by atoms with Gasteiger partial charge in [0.05, 0.1) is 22.3 Å². The van der Waals surface area contributed by atoms with Crippen LogP contribution in [0, 0.1) is 0 Å². The average molecular weight is 578 g/mol. The van der Waals surface area contributed by atoms with Crippen molar-refractivity contribution in [2.75, 3.05) is 26.2 Å². The minimum atomic E-state index is -1.72. The molecular weight excluding hydrogens is 542 g/mol. The van der Waals surface area contributed by atoms with Gasteiger partial charge in [0, 0.05) is 13.0 Å². The van der Waals surface area contributed by atoms with Gasteiger partial charge in [-0.15, -0.1) is 0 Å². The Morgan fingerprint density at radius 3 is 1.65 bits per heavy atom. The number of carbonyl (C=O) groups is 4. The van der Waals surface area contributed by atoms with Gasteiger partial charge in [0.1, 0.15) is 0 Å². The highest BCUT2D eigenvalue weighted by molar-refractivity contribution is 6.29. The Hall–Kier alpha value is -4.44. The fraction of sp³-hybridized carbons (Fsp3) is 0.294. The van der Waals surface area contributed by atoms with E-state index in [-0.39, 0.29) is 28.7 Å². The zero-order valence-corrected chi connectivity index (χ0v) is 24.2. The van der Waals surface area contributed by atoms with Crippen molar-refractivity contribution in [3.05, 3.63) is 95.1 Å². The Morgan fingerprint density at radius 1 is 0.628 bits per heavy atom. The molecular formula is C34H35N5O4. The lowest BCUT2D eigenvalue weighted by Gasteiger charge is -2.45. The first-order valence-corrected chi connectivity index (χ1v) is 14.9. The summed E-state index contributed by atoms with van der Waals surface area (Å²) in [6.45, 7) is 4.28. The van der Waals surface area contributed by atoms with Gasteiger partial charge in [-0.3, -0.25) is 24.5 Å². The second kappa shape index (κ2) is 11.7. The minimum Gasteiger partial charge on any atom is -0.330 e. The van der Waals surface area contributed by atoms with Crippen LogP contribution in [-0.2, 0) is 0 Å². The van der Waals surface area contributed by atoms with Crippen molar-refractivity contribution in [1.82, 2.24) is 20.4 Å². The number of hydrogen-bond acceptors (Lipinski definition) is 7. The maximum Gasteiger partial charge on any atom is 0.265 e. The van der Waals surface area contributed by atoms with Crippen molar-refractivity contribution in [1.29, 1.82) is 0 Å². The number of fused-ring (bicyclic) bond motifs is 6. The molecule has 43 heavy (non-hydrogen) atoms. The van der Waals surface area contributed by atoms with Crippen molar-refractivity contribution in [2.45, 2.75) is 38.4 Å². The Balaban J connectivity index is 1.41. The van der Waals surface area contributed by atoms with Crippen LogP contribution in [0.2, 0.25) is 0 Å². The van der Waals surface area contributed by atoms with Crippen LogP contribution in [0.3, 0.4) is 0 Å². The number of nitrogens with zero attached hydrogens (tertiary/aromatic N) is 2. The molecule has 220 valence electrons. The molecule has 4 amide bonds. The predicted octanol–water partition coefficient (Wildman–Crippen LogP) is 4.26. The van der Waals surface area contributed by atoms with Crippen LogP contribution in [0.1, 0.15) is 74.0 Å². The molecule has 0 radical (unpaired) electrons.